The molecule has 1 heterocycles. The fraction of sp³-hybridized carbons (Fsp3) is 0.400. The maximum absolute atomic E-state index is 13.4. The van der Waals surface area contributed by atoms with Crippen molar-refractivity contribution in [2.75, 3.05) is 6.61 Å². The lowest BCUT2D eigenvalue weighted by molar-refractivity contribution is -0.140. The second kappa shape index (κ2) is 20.1. The fourth-order valence-corrected chi connectivity index (χ4v) is 6.11. The number of amides is 3. The molecule has 3 amide bonds. The summed E-state index contributed by atoms with van der Waals surface area (Å²) in [5.74, 6) is -2.30. The van der Waals surface area contributed by atoms with Gasteiger partial charge in [0, 0.05) is 23.1 Å². The number of carbonyl (C=O) groups is 4. The smallest absolute Gasteiger partial charge is 0.305 e. The minimum Gasteiger partial charge on any atom is -0.494 e. The molecule has 278 valence electrons. The highest BCUT2D eigenvalue weighted by Crippen LogP contribution is 2.29. The summed E-state index contributed by atoms with van der Waals surface area (Å²) in [5.41, 5.74) is 8.46. The van der Waals surface area contributed by atoms with Crippen LogP contribution in [0.1, 0.15) is 104 Å². The van der Waals surface area contributed by atoms with Crippen LogP contribution in [0.3, 0.4) is 0 Å². The first kappa shape index (κ1) is 41.3. The van der Waals surface area contributed by atoms with Crippen LogP contribution < -0.4 is 21.1 Å². The van der Waals surface area contributed by atoms with Crippen molar-refractivity contribution in [2.24, 2.45) is 15.7 Å². The summed E-state index contributed by atoms with van der Waals surface area (Å²) in [6.07, 6.45) is 7.00. The van der Waals surface area contributed by atoms with Gasteiger partial charge >= 0.3 is 5.97 Å². The Morgan fingerprint density at radius 3 is 2.15 bits per heavy atom. The van der Waals surface area contributed by atoms with E-state index in [1.54, 1.807) is 36.5 Å². The minimum atomic E-state index is -1.45. The van der Waals surface area contributed by atoms with E-state index < -0.39 is 42.2 Å². The molecule has 12 heteroatoms. The predicted octanol–water partition coefficient (Wildman–Crippen LogP) is 6.69. The Morgan fingerprint density at radius 2 is 1.58 bits per heavy atom. The molecular formula is C40H51N5O6S. The molecular weight excluding hydrogens is 679 g/mol. The molecule has 3 rings (SSSR count). The highest BCUT2D eigenvalue weighted by atomic mass is 32.1. The summed E-state index contributed by atoms with van der Waals surface area (Å²) in [7, 11) is 0. The van der Waals surface area contributed by atoms with E-state index in [2.05, 4.69) is 34.3 Å². The lowest BCUT2D eigenvalue weighted by Gasteiger charge is -2.21. The number of hydrogen-bond donors (Lipinski definition) is 4. The molecule has 52 heavy (non-hydrogen) atoms. The Morgan fingerprint density at radius 1 is 0.923 bits per heavy atom. The van der Waals surface area contributed by atoms with Crippen molar-refractivity contribution in [1.29, 1.82) is 0 Å². The first-order chi connectivity index (χ1) is 24.7. The van der Waals surface area contributed by atoms with Gasteiger partial charge in [-0.05, 0) is 66.4 Å². The summed E-state index contributed by atoms with van der Waals surface area (Å²) < 4.78 is 5.88. The van der Waals surface area contributed by atoms with Gasteiger partial charge in [-0.1, -0.05) is 89.8 Å². The number of carboxylic acids is 1. The standard InChI is InChI=1S/C40H51N5O6S/c1-7-8-9-10-11-22-51-30-18-16-28(17-19-30)26(2)25-43-37(42-6)29-14-12-27(13-15-29)23-32(38(49)44-31(36(41)48)24-35(46)47)45-39(50)33-20-21-34(52-33)40(3,4)5/h12-21,25,31-32H,6-11,22-24H2,1-5H3,(H2,41,48)(H,44,49)(H,45,50)(H,46,47)/b26-25+,43-37?/t31-,32-/m0/s1. The molecule has 0 aliphatic carbocycles. The Bertz CT molecular complexity index is 1740. The fourth-order valence-electron chi connectivity index (χ4n) is 5.15. The van der Waals surface area contributed by atoms with Crippen LogP contribution in [0.15, 0.2) is 76.8 Å². The van der Waals surface area contributed by atoms with Crippen molar-refractivity contribution in [2.45, 2.75) is 97.1 Å². The maximum atomic E-state index is 13.4. The lowest BCUT2D eigenvalue weighted by atomic mass is 9.95. The third kappa shape index (κ3) is 13.2. The zero-order chi connectivity index (χ0) is 38.3. The molecule has 1 aromatic heterocycles. The van der Waals surface area contributed by atoms with Crippen LogP contribution in [0, 0.1) is 0 Å². The first-order valence-corrected chi connectivity index (χ1v) is 18.3. The quantitative estimate of drug-likeness (QED) is 0.0608. The highest BCUT2D eigenvalue weighted by Gasteiger charge is 2.28. The van der Waals surface area contributed by atoms with Gasteiger partial charge < -0.3 is 26.2 Å². The normalized spacial score (nSPS) is 13.2. The largest absolute Gasteiger partial charge is 0.494 e. The van der Waals surface area contributed by atoms with Gasteiger partial charge in [0.2, 0.25) is 11.8 Å². The van der Waals surface area contributed by atoms with E-state index in [-0.39, 0.29) is 11.8 Å². The number of allylic oxidation sites excluding steroid dienone is 1. The Hall–Kier alpha value is -5.10. The number of nitrogens with one attached hydrogen (secondary N) is 2. The van der Waals surface area contributed by atoms with Crippen molar-refractivity contribution in [3.8, 4) is 5.75 Å². The molecule has 0 aliphatic rings. The van der Waals surface area contributed by atoms with Gasteiger partial charge in [-0.3, -0.25) is 19.2 Å². The zero-order valence-corrected chi connectivity index (χ0v) is 31.6. The lowest BCUT2D eigenvalue weighted by Crippen LogP contribution is -2.54. The second-order valence-electron chi connectivity index (χ2n) is 13.6. The van der Waals surface area contributed by atoms with Gasteiger partial charge in [-0.15, -0.1) is 11.3 Å². The van der Waals surface area contributed by atoms with Gasteiger partial charge in [0.15, 0.2) is 5.84 Å². The van der Waals surface area contributed by atoms with Crippen molar-refractivity contribution in [3.05, 3.63) is 93.3 Å². The number of rotatable bonds is 19. The Kier molecular flexibility index (Phi) is 15.9. The van der Waals surface area contributed by atoms with Crippen molar-refractivity contribution in [3.63, 3.8) is 0 Å². The van der Waals surface area contributed by atoms with Crippen LogP contribution in [0.5, 0.6) is 5.75 Å². The van der Waals surface area contributed by atoms with E-state index in [0.29, 0.717) is 28.4 Å². The van der Waals surface area contributed by atoms with E-state index >= 15 is 0 Å². The van der Waals surface area contributed by atoms with E-state index in [1.807, 2.05) is 58.0 Å². The Balaban J connectivity index is 1.74. The molecule has 0 saturated carbocycles. The molecule has 11 nitrogen and oxygen atoms in total. The average Bonchev–Trinajstić information content (AvgIpc) is 3.62. The summed E-state index contributed by atoms with van der Waals surface area (Å²) >= 11 is 1.32. The van der Waals surface area contributed by atoms with E-state index in [4.69, 9.17) is 10.5 Å². The molecule has 0 spiro atoms. The van der Waals surface area contributed by atoms with Crippen molar-refractivity contribution >= 4 is 53.2 Å². The summed E-state index contributed by atoms with van der Waals surface area (Å²) in [6, 6.07) is 16.0. The van der Waals surface area contributed by atoms with Crippen molar-refractivity contribution in [1.82, 2.24) is 10.6 Å². The van der Waals surface area contributed by atoms with Crippen molar-refractivity contribution < 1.29 is 29.0 Å². The number of hydrogen-bond acceptors (Lipinski definition) is 7. The van der Waals surface area contributed by atoms with Gasteiger partial charge in [0.25, 0.3) is 5.91 Å². The number of carboxylic acid groups (broad SMARTS) is 1. The van der Waals surface area contributed by atoms with Gasteiger partial charge in [0.1, 0.15) is 17.8 Å². The first-order valence-electron chi connectivity index (χ1n) is 17.5. The maximum Gasteiger partial charge on any atom is 0.305 e. The van der Waals surface area contributed by atoms with Crippen LogP contribution >= 0.6 is 11.3 Å². The van der Waals surface area contributed by atoms with Gasteiger partial charge in [0.05, 0.1) is 17.9 Å². The van der Waals surface area contributed by atoms with Crippen LogP contribution in [-0.2, 0) is 26.2 Å². The van der Waals surface area contributed by atoms with Crippen LogP contribution in [0.4, 0.5) is 0 Å². The van der Waals surface area contributed by atoms with Crippen LogP contribution in [-0.4, -0.2) is 60.0 Å². The molecule has 0 saturated heterocycles. The van der Waals surface area contributed by atoms with Crippen LogP contribution in [0.2, 0.25) is 0 Å². The topological polar surface area (TPSA) is 173 Å². The second-order valence-corrected chi connectivity index (χ2v) is 14.7. The molecule has 5 N–H and O–H groups in total. The number of carbonyl (C=O) groups excluding carboxylic acids is 3. The number of aliphatic imine (C=N–C) groups is 2. The number of amidine groups is 1. The van der Waals surface area contributed by atoms with Gasteiger partial charge in [-0.2, -0.15) is 0 Å². The number of ether oxygens (including phenoxy) is 1. The molecule has 0 aliphatic heterocycles. The predicted molar refractivity (Wildman–Crippen MR) is 208 cm³/mol. The van der Waals surface area contributed by atoms with Crippen LogP contribution in [0.25, 0.3) is 5.57 Å². The summed E-state index contributed by atoms with van der Waals surface area (Å²) in [5, 5.41) is 14.4. The Labute approximate surface area is 310 Å². The molecule has 0 unspecified atom stereocenters. The number of primary amides is 1. The molecule has 2 aromatic carbocycles. The zero-order valence-electron chi connectivity index (χ0n) is 30.7. The number of benzene rings is 2. The number of nitrogens with zero attached hydrogens (tertiary/aromatic N) is 2. The monoisotopic (exact) mass is 729 g/mol. The number of thiophene rings is 1. The van der Waals surface area contributed by atoms with E-state index in [0.717, 1.165) is 28.2 Å². The molecule has 0 bridgehead atoms. The highest BCUT2D eigenvalue weighted by molar-refractivity contribution is 7.14. The average molecular weight is 730 g/mol. The van der Waals surface area contributed by atoms with Gasteiger partial charge in [-0.25, -0.2) is 9.98 Å². The third-order valence-electron chi connectivity index (χ3n) is 8.24. The van der Waals surface area contributed by atoms with E-state index in [9.17, 15) is 24.3 Å². The number of nitrogens with two attached hydrogens (primary N) is 1. The summed E-state index contributed by atoms with van der Waals surface area (Å²) in [4.78, 5) is 59.9. The SMILES string of the molecule is C=NC(=N/C=C(\C)c1ccc(OCCCCCCC)cc1)c1ccc(C[C@H](NC(=O)c2ccc(C(C)(C)C)s2)C(=O)N[C@@H](CC(=O)O)C(N)=O)cc1. The molecule has 2 atom stereocenters. The molecule has 0 radical (unpaired) electrons. The summed E-state index contributed by atoms with van der Waals surface area (Å²) in [6.45, 7) is 14.6. The third-order valence-corrected chi connectivity index (χ3v) is 9.75. The van der Waals surface area contributed by atoms with E-state index in [1.165, 1.54) is 37.0 Å². The molecule has 0 fully saturated rings. The number of unbranched alkanes of at least 4 members (excludes halogenated alkanes) is 4. The number of aliphatic carboxylic acids is 1. The minimum absolute atomic E-state index is 0.0412. The molecule has 3 aromatic rings.